The number of furan rings is 1. The zero-order valence-electron chi connectivity index (χ0n) is 10.5. The van der Waals surface area contributed by atoms with Crippen LogP contribution in [0, 0.1) is 0 Å². The number of hydrogen-bond donors (Lipinski definition) is 2. The van der Waals surface area contributed by atoms with E-state index in [1.165, 1.54) is 0 Å². The third kappa shape index (κ3) is 2.62. The van der Waals surface area contributed by atoms with Crippen LogP contribution >= 0.6 is 23.2 Å². The molecule has 3 rings (SSSR count). The zero-order valence-corrected chi connectivity index (χ0v) is 12.0. The summed E-state index contributed by atoms with van der Waals surface area (Å²) < 4.78 is 5.43. The first-order valence-corrected chi connectivity index (χ1v) is 6.97. The topological polar surface area (TPSA) is 63.5 Å². The fraction of sp³-hybridized carbons (Fsp3) is 0.214. The van der Waals surface area contributed by atoms with E-state index < -0.39 is 0 Å². The maximum absolute atomic E-state index is 6.06. The number of nitrogens with one attached hydrogen (secondary N) is 1. The van der Waals surface area contributed by atoms with Crippen LogP contribution in [0.4, 0.5) is 0 Å². The van der Waals surface area contributed by atoms with Gasteiger partial charge in [0.2, 0.25) is 0 Å². The Bertz CT molecular complexity index is 640. The van der Waals surface area contributed by atoms with Gasteiger partial charge in [0.25, 0.3) is 0 Å². The summed E-state index contributed by atoms with van der Waals surface area (Å²) in [6, 6.07) is 9.23. The van der Waals surface area contributed by atoms with E-state index in [2.05, 4.69) is 10.3 Å². The smallest absolute Gasteiger partial charge is 0.189 e. The summed E-state index contributed by atoms with van der Waals surface area (Å²) in [6.45, 7) is 0. The van der Waals surface area contributed by atoms with Crippen molar-refractivity contribution in [2.75, 3.05) is 0 Å². The van der Waals surface area contributed by atoms with Crippen molar-refractivity contribution < 1.29 is 4.42 Å². The number of benzene rings is 1. The maximum Gasteiger partial charge on any atom is 0.189 e. The van der Waals surface area contributed by atoms with Gasteiger partial charge in [0.15, 0.2) is 5.96 Å². The van der Waals surface area contributed by atoms with Crippen LogP contribution in [-0.2, 0) is 0 Å². The minimum absolute atomic E-state index is 0.00181. The van der Waals surface area contributed by atoms with Gasteiger partial charge in [0.05, 0.1) is 28.4 Å². The van der Waals surface area contributed by atoms with Crippen LogP contribution in [0.5, 0.6) is 0 Å². The quantitative estimate of drug-likeness (QED) is 0.889. The molecule has 2 atom stereocenters. The molecule has 0 saturated heterocycles. The lowest BCUT2D eigenvalue weighted by Crippen LogP contribution is -2.39. The molecule has 0 bridgehead atoms. The minimum atomic E-state index is -0.0684. The molecule has 1 aliphatic rings. The molecule has 0 saturated carbocycles. The molecule has 2 heterocycles. The van der Waals surface area contributed by atoms with Crippen molar-refractivity contribution in [2.24, 2.45) is 10.7 Å². The van der Waals surface area contributed by atoms with Gasteiger partial charge in [-0.25, -0.2) is 4.99 Å². The van der Waals surface area contributed by atoms with Gasteiger partial charge in [0.1, 0.15) is 5.76 Å². The van der Waals surface area contributed by atoms with Gasteiger partial charge in [0, 0.05) is 6.42 Å². The molecule has 0 amide bonds. The molecule has 104 valence electrons. The van der Waals surface area contributed by atoms with Gasteiger partial charge in [-0.05, 0) is 29.8 Å². The molecular formula is C14H13Cl2N3O. The van der Waals surface area contributed by atoms with Crippen LogP contribution in [0.15, 0.2) is 46.0 Å². The molecule has 0 aliphatic carbocycles. The highest BCUT2D eigenvalue weighted by molar-refractivity contribution is 6.42. The lowest BCUT2D eigenvalue weighted by atomic mass is 9.97. The van der Waals surface area contributed by atoms with Crippen molar-refractivity contribution in [1.29, 1.82) is 0 Å². The first-order valence-electron chi connectivity index (χ1n) is 6.21. The third-order valence-electron chi connectivity index (χ3n) is 3.29. The number of nitrogens with zero attached hydrogens (tertiary/aromatic N) is 1. The predicted molar refractivity (Wildman–Crippen MR) is 80.0 cm³/mol. The van der Waals surface area contributed by atoms with Crippen LogP contribution in [0.2, 0.25) is 10.0 Å². The highest BCUT2D eigenvalue weighted by atomic mass is 35.5. The van der Waals surface area contributed by atoms with Crippen LogP contribution in [-0.4, -0.2) is 5.96 Å². The average molecular weight is 310 g/mol. The third-order valence-corrected chi connectivity index (χ3v) is 4.03. The van der Waals surface area contributed by atoms with Crippen molar-refractivity contribution in [3.63, 3.8) is 0 Å². The molecule has 0 spiro atoms. The van der Waals surface area contributed by atoms with Gasteiger partial charge in [-0.1, -0.05) is 29.3 Å². The number of nitrogens with two attached hydrogens (primary N) is 1. The highest BCUT2D eigenvalue weighted by Gasteiger charge is 2.26. The van der Waals surface area contributed by atoms with E-state index >= 15 is 0 Å². The molecule has 1 aliphatic heterocycles. The fourth-order valence-electron chi connectivity index (χ4n) is 2.33. The number of rotatable bonds is 2. The molecule has 20 heavy (non-hydrogen) atoms. The second-order valence-electron chi connectivity index (χ2n) is 4.65. The maximum atomic E-state index is 6.06. The van der Waals surface area contributed by atoms with E-state index in [1.807, 2.05) is 24.3 Å². The van der Waals surface area contributed by atoms with E-state index in [4.69, 9.17) is 33.4 Å². The summed E-state index contributed by atoms with van der Waals surface area (Å²) in [4.78, 5) is 4.42. The Hall–Kier alpha value is -1.65. The van der Waals surface area contributed by atoms with Gasteiger partial charge in [-0.15, -0.1) is 0 Å². The van der Waals surface area contributed by atoms with Crippen molar-refractivity contribution in [2.45, 2.75) is 18.5 Å². The lowest BCUT2D eigenvalue weighted by molar-refractivity contribution is 0.395. The van der Waals surface area contributed by atoms with E-state index in [9.17, 15) is 0 Å². The Labute approximate surface area is 126 Å². The number of aliphatic imine (C=N–C) groups is 1. The van der Waals surface area contributed by atoms with Gasteiger partial charge in [-0.3, -0.25) is 0 Å². The van der Waals surface area contributed by atoms with Crippen molar-refractivity contribution in [3.8, 4) is 0 Å². The van der Waals surface area contributed by atoms with Gasteiger partial charge < -0.3 is 15.5 Å². The number of halogens is 2. The monoisotopic (exact) mass is 309 g/mol. The first kappa shape index (κ1) is 13.3. The molecule has 2 aromatic rings. The van der Waals surface area contributed by atoms with Gasteiger partial charge >= 0.3 is 0 Å². The van der Waals surface area contributed by atoms with Crippen LogP contribution in [0.3, 0.4) is 0 Å². The second-order valence-corrected chi connectivity index (χ2v) is 5.47. The molecule has 6 heteroatoms. The summed E-state index contributed by atoms with van der Waals surface area (Å²) in [6.07, 6.45) is 2.39. The fourth-order valence-corrected chi connectivity index (χ4v) is 2.63. The number of hydrogen-bond acceptors (Lipinski definition) is 4. The number of guanidine groups is 1. The Morgan fingerprint density at radius 1 is 1.25 bits per heavy atom. The summed E-state index contributed by atoms with van der Waals surface area (Å²) in [5.74, 6) is 1.24. The second kappa shape index (κ2) is 5.38. The normalized spacial score (nSPS) is 22.2. The largest absolute Gasteiger partial charge is 0.467 e. The minimum Gasteiger partial charge on any atom is -0.467 e. The average Bonchev–Trinajstić information content (AvgIpc) is 2.95. The Morgan fingerprint density at radius 2 is 2.10 bits per heavy atom. The molecule has 2 unspecified atom stereocenters. The summed E-state index contributed by atoms with van der Waals surface area (Å²) in [5, 5.41) is 4.17. The van der Waals surface area contributed by atoms with Crippen LogP contribution in [0.1, 0.15) is 29.8 Å². The molecule has 3 N–H and O–H groups in total. The SMILES string of the molecule is NC1=NC(c2ccc(Cl)c(Cl)c2)CC(c2ccco2)N1. The Morgan fingerprint density at radius 3 is 2.80 bits per heavy atom. The van der Waals surface area contributed by atoms with Crippen LogP contribution < -0.4 is 11.1 Å². The first-order chi connectivity index (χ1) is 9.63. The lowest BCUT2D eigenvalue weighted by Gasteiger charge is -2.27. The summed E-state index contributed by atoms with van der Waals surface area (Å²) in [7, 11) is 0. The van der Waals surface area contributed by atoms with E-state index in [0.717, 1.165) is 17.7 Å². The predicted octanol–water partition coefficient (Wildman–Crippen LogP) is 3.68. The molecule has 0 radical (unpaired) electrons. The molecule has 1 aromatic carbocycles. The Balaban J connectivity index is 1.89. The molecular weight excluding hydrogens is 297 g/mol. The Kier molecular flexibility index (Phi) is 3.59. The summed E-state index contributed by atoms with van der Waals surface area (Å²) in [5.41, 5.74) is 6.85. The standard InChI is InChI=1S/C14H13Cl2N3O/c15-9-4-3-8(6-10(9)16)11-7-12(19-14(17)18-11)13-2-1-5-20-13/h1-6,11-12H,7H2,(H3,17,18,19). The van der Waals surface area contributed by atoms with Crippen molar-refractivity contribution in [3.05, 3.63) is 58.0 Å². The van der Waals surface area contributed by atoms with E-state index in [0.29, 0.717) is 16.0 Å². The van der Waals surface area contributed by atoms with Crippen molar-refractivity contribution >= 4 is 29.2 Å². The highest BCUT2D eigenvalue weighted by Crippen LogP contribution is 2.34. The van der Waals surface area contributed by atoms with E-state index in [1.54, 1.807) is 12.3 Å². The zero-order chi connectivity index (χ0) is 14.1. The summed E-state index contributed by atoms with van der Waals surface area (Å²) >= 11 is 12.0. The van der Waals surface area contributed by atoms with Gasteiger partial charge in [-0.2, -0.15) is 0 Å². The molecule has 1 aromatic heterocycles. The van der Waals surface area contributed by atoms with Crippen molar-refractivity contribution in [1.82, 2.24) is 5.32 Å². The van der Waals surface area contributed by atoms with Crippen LogP contribution in [0.25, 0.3) is 0 Å². The molecule has 4 nitrogen and oxygen atoms in total. The molecule has 0 fully saturated rings. The van der Waals surface area contributed by atoms with E-state index in [-0.39, 0.29) is 12.1 Å².